The second kappa shape index (κ2) is 6.57. The average molecular weight is 307 g/mol. The van der Waals surface area contributed by atoms with Gasteiger partial charge in [0.25, 0.3) is 0 Å². The van der Waals surface area contributed by atoms with E-state index in [1.807, 2.05) is 4.90 Å². The molecule has 0 radical (unpaired) electrons. The van der Waals surface area contributed by atoms with Gasteiger partial charge in [0.2, 0.25) is 11.8 Å². The summed E-state index contributed by atoms with van der Waals surface area (Å²) in [4.78, 5) is 27.0. The number of amides is 2. The highest BCUT2D eigenvalue weighted by Gasteiger charge is 2.43. The summed E-state index contributed by atoms with van der Waals surface area (Å²) in [6, 6.07) is 0.0237. The Bertz CT molecular complexity index is 426. The van der Waals surface area contributed by atoms with Crippen LogP contribution in [0.15, 0.2) is 0 Å². The molecule has 124 valence electrons. The highest BCUT2D eigenvalue weighted by Crippen LogP contribution is 2.42. The van der Waals surface area contributed by atoms with Gasteiger partial charge >= 0.3 is 0 Å². The topological polar surface area (TPSA) is 75.4 Å². The maximum absolute atomic E-state index is 13.0. The van der Waals surface area contributed by atoms with E-state index in [9.17, 15) is 9.59 Å². The molecule has 2 amide bonds. The zero-order chi connectivity index (χ0) is 15.7. The number of hydrogen-bond acceptors (Lipinski definition) is 3. The molecule has 2 saturated carbocycles. The van der Waals surface area contributed by atoms with Crippen LogP contribution in [-0.2, 0) is 9.59 Å². The van der Waals surface area contributed by atoms with Crippen molar-refractivity contribution in [2.45, 2.75) is 63.5 Å². The number of likely N-dealkylation sites (tertiary alicyclic amines) is 1. The number of nitrogens with zero attached hydrogens (tertiary/aromatic N) is 1. The molecule has 0 aromatic heterocycles. The summed E-state index contributed by atoms with van der Waals surface area (Å²) in [5, 5.41) is 2.72. The number of piperidine rings is 1. The minimum absolute atomic E-state index is 0.0132. The number of rotatable bonds is 2. The smallest absolute Gasteiger partial charge is 0.242 e. The molecule has 3 atom stereocenters. The standard InChI is InChI=1S/C17H29N3O2/c1-19-16(21)14-7-2-3-8-20(14)17(22)13-9-11-5-4-6-12(10-13)15(11)18/h11-15H,2-10,18H2,1H3,(H,19,21). The number of hydrogen-bond donors (Lipinski definition) is 2. The van der Waals surface area contributed by atoms with Crippen molar-refractivity contribution >= 4 is 11.8 Å². The highest BCUT2D eigenvalue weighted by atomic mass is 16.2. The third kappa shape index (κ3) is 2.87. The van der Waals surface area contributed by atoms with E-state index in [-0.39, 0.29) is 29.8 Å². The Morgan fingerprint density at radius 1 is 1.05 bits per heavy atom. The first-order valence-corrected chi connectivity index (χ1v) is 8.89. The Hall–Kier alpha value is -1.10. The monoisotopic (exact) mass is 307 g/mol. The molecule has 0 aromatic rings. The zero-order valence-corrected chi connectivity index (χ0v) is 13.6. The molecule has 0 spiro atoms. The number of nitrogens with two attached hydrogens (primary N) is 1. The molecule has 1 heterocycles. The van der Waals surface area contributed by atoms with E-state index in [0.29, 0.717) is 11.8 Å². The molecule has 0 aromatic carbocycles. The Balaban J connectivity index is 1.71. The lowest BCUT2D eigenvalue weighted by Crippen LogP contribution is -2.55. The molecule has 2 aliphatic carbocycles. The van der Waals surface area contributed by atoms with Gasteiger partial charge in [-0.1, -0.05) is 6.42 Å². The van der Waals surface area contributed by atoms with Crippen molar-refractivity contribution in [2.75, 3.05) is 13.6 Å². The summed E-state index contributed by atoms with van der Waals surface area (Å²) in [5.74, 6) is 1.28. The highest BCUT2D eigenvalue weighted by molar-refractivity contribution is 5.88. The Labute approximate surface area is 133 Å². The van der Waals surface area contributed by atoms with Crippen LogP contribution in [0.2, 0.25) is 0 Å². The first-order chi connectivity index (χ1) is 10.6. The van der Waals surface area contributed by atoms with Gasteiger partial charge < -0.3 is 16.0 Å². The van der Waals surface area contributed by atoms with Crippen LogP contribution in [0.25, 0.3) is 0 Å². The molecular weight excluding hydrogens is 278 g/mol. The first kappa shape index (κ1) is 15.8. The summed E-state index contributed by atoms with van der Waals surface area (Å²) in [5.41, 5.74) is 6.33. The fourth-order valence-electron chi connectivity index (χ4n) is 4.86. The normalized spacial score (nSPS) is 38.5. The third-order valence-corrected chi connectivity index (χ3v) is 6.10. The molecule has 3 rings (SSSR count). The molecule has 1 aliphatic heterocycles. The van der Waals surface area contributed by atoms with Gasteiger partial charge in [-0.15, -0.1) is 0 Å². The average Bonchev–Trinajstić information content (AvgIpc) is 2.53. The van der Waals surface area contributed by atoms with Gasteiger partial charge in [-0.2, -0.15) is 0 Å². The van der Waals surface area contributed by atoms with Crippen LogP contribution >= 0.6 is 0 Å². The number of carbonyl (C=O) groups is 2. The molecule has 3 N–H and O–H groups in total. The van der Waals surface area contributed by atoms with Crippen LogP contribution in [0.1, 0.15) is 51.4 Å². The van der Waals surface area contributed by atoms with Gasteiger partial charge in [-0.05, 0) is 56.8 Å². The van der Waals surface area contributed by atoms with Crippen molar-refractivity contribution in [3.63, 3.8) is 0 Å². The number of likely N-dealkylation sites (N-methyl/N-ethyl adjacent to an activating group) is 1. The lowest BCUT2D eigenvalue weighted by molar-refractivity contribution is -0.147. The lowest BCUT2D eigenvalue weighted by Gasteiger charge is -2.45. The Kier molecular flexibility index (Phi) is 4.71. The molecule has 3 aliphatic rings. The predicted octanol–water partition coefficient (Wildman–Crippen LogP) is 1.27. The summed E-state index contributed by atoms with van der Waals surface area (Å²) in [6.45, 7) is 0.731. The third-order valence-electron chi connectivity index (χ3n) is 6.10. The van der Waals surface area contributed by atoms with Crippen LogP contribution in [0.5, 0.6) is 0 Å². The van der Waals surface area contributed by atoms with Crippen molar-refractivity contribution in [3.8, 4) is 0 Å². The molecular formula is C17H29N3O2. The van der Waals surface area contributed by atoms with Gasteiger partial charge in [-0.3, -0.25) is 9.59 Å². The van der Waals surface area contributed by atoms with Crippen LogP contribution < -0.4 is 11.1 Å². The van der Waals surface area contributed by atoms with Crippen molar-refractivity contribution in [1.29, 1.82) is 0 Å². The van der Waals surface area contributed by atoms with Crippen molar-refractivity contribution in [1.82, 2.24) is 10.2 Å². The second-order valence-corrected chi connectivity index (χ2v) is 7.35. The van der Waals surface area contributed by atoms with Gasteiger partial charge in [0.05, 0.1) is 0 Å². The fourth-order valence-corrected chi connectivity index (χ4v) is 4.86. The van der Waals surface area contributed by atoms with E-state index in [1.54, 1.807) is 7.05 Å². The summed E-state index contributed by atoms with van der Waals surface area (Å²) >= 11 is 0. The molecule has 1 saturated heterocycles. The predicted molar refractivity (Wildman–Crippen MR) is 84.9 cm³/mol. The summed E-state index contributed by atoms with van der Waals surface area (Å²) in [6.07, 6.45) is 8.28. The molecule has 2 bridgehead atoms. The number of fused-ring (bicyclic) bond motifs is 2. The maximum Gasteiger partial charge on any atom is 0.242 e. The van der Waals surface area contributed by atoms with E-state index in [0.717, 1.165) is 38.6 Å². The van der Waals surface area contributed by atoms with Gasteiger partial charge in [-0.25, -0.2) is 0 Å². The van der Waals surface area contributed by atoms with Crippen molar-refractivity contribution in [2.24, 2.45) is 23.5 Å². The zero-order valence-electron chi connectivity index (χ0n) is 13.6. The van der Waals surface area contributed by atoms with Gasteiger partial charge in [0.15, 0.2) is 0 Å². The molecule has 22 heavy (non-hydrogen) atoms. The van der Waals surface area contributed by atoms with E-state index in [2.05, 4.69) is 5.32 Å². The fraction of sp³-hybridized carbons (Fsp3) is 0.882. The van der Waals surface area contributed by atoms with Crippen molar-refractivity contribution < 1.29 is 9.59 Å². The maximum atomic E-state index is 13.0. The van der Waals surface area contributed by atoms with Crippen LogP contribution in [-0.4, -0.2) is 42.4 Å². The van der Waals surface area contributed by atoms with Crippen LogP contribution in [0.4, 0.5) is 0 Å². The van der Waals surface area contributed by atoms with Gasteiger partial charge in [0, 0.05) is 25.6 Å². The molecule has 3 fully saturated rings. The Morgan fingerprint density at radius 2 is 1.73 bits per heavy atom. The van der Waals surface area contributed by atoms with Crippen LogP contribution in [0, 0.1) is 17.8 Å². The second-order valence-electron chi connectivity index (χ2n) is 7.35. The quantitative estimate of drug-likeness (QED) is 0.806. The Morgan fingerprint density at radius 3 is 2.36 bits per heavy atom. The van der Waals surface area contributed by atoms with Gasteiger partial charge in [0.1, 0.15) is 6.04 Å². The number of nitrogens with one attached hydrogen (secondary N) is 1. The van der Waals surface area contributed by atoms with E-state index < -0.39 is 0 Å². The summed E-state index contributed by atoms with van der Waals surface area (Å²) < 4.78 is 0. The van der Waals surface area contributed by atoms with E-state index in [1.165, 1.54) is 19.3 Å². The summed E-state index contributed by atoms with van der Waals surface area (Å²) in [7, 11) is 1.66. The SMILES string of the molecule is CNC(=O)C1CCCCN1C(=O)C1CC2CCCC(C1)C2N. The minimum atomic E-state index is -0.262. The molecule has 5 heteroatoms. The van der Waals surface area contributed by atoms with Crippen LogP contribution in [0.3, 0.4) is 0 Å². The van der Waals surface area contributed by atoms with Crippen molar-refractivity contribution in [3.05, 3.63) is 0 Å². The molecule has 5 nitrogen and oxygen atoms in total. The molecule has 3 unspecified atom stereocenters. The lowest BCUT2D eigenvalue weighted by atomic mass is 9.64. The largest absolute Gasteiger partial charge is 0.357 e. The minimum Gasteiger partial charge on any atom is -0.357 e. The van der Waals surface area contributed by atoms with E-state index >= 15 is 0 Å². The van der Waals surface area contributed by atoms with E-state index in [4.69, 9.17) is 5.73 Å². The first-order valence-electron chi connectivity index (χ1n) is 8.89. The number of carbonyl (C=O) groups excluding carboxylic acids is 2.